The number of fused-ring (bicyclic) bond motifs is 1. The molecule has 2 heterocycles. The quantitative estimate of drug-likeness (QED) is 0.498. The first-order valence-corrected chi connectivity index (χ1v) is 10.4. The number of halogens is 1. The van der Waals surface area contributed by atoms with Gasteiger partial charge in [-0.2, -0.15) is 0 Å². The Kier molecular flexibility index (Phi) is 5.46. The van der Waals surface area contributed by atoms with Crippen LogP contribution in [0.4, 0.5) is 4.39 Å². The first-order valence-electron chi connectivity index (χ1n) is 9.59. The third-order valence-corrected chi connectivity index (χ3v) is 5.96. The molecule has 2 aromatic heterocycles. The van der Waals surface area contributed by atoms with Crippen LogP contribution in [0, 0.1) is 12.7 Å². The van der Waals surface area contributed by atoms with Crippen LogP contribution in [0.5, 0.6) is 0 Å². The molecule has 5 nitrogen and oxygen atoms in total. The number of carbonyl (C=O) groups excluding carboxylic acids is 1. The average molecular weight is 421 g/mol. The zero-order valence-corrected chi connectivity index (χ0v) is 17.2. The Morgan fingerprint density at radius 3 is 2.47 bits per heavy atom. The van der Waals surface area contributed by atoms with Gasteiger partial charge in [-0.1, -0.05) is 42.5 Å². The van der Waals surface area contributed by atoms with Crippen molar-refractivity contribution < 1.29 is 9.18 Å². The summed E-state index contributed by atoms with van der Waals surface area (Å²) in [4.78, 5) is 31.2. The van der Waals surface area contributed by atoms with Gasteiger partial charge in [0.1, 0.15) is 16.5 Å². The van der Waals surface area contributed by atoms with Crippen molar-refractivity contribution in [2.24, 2.45) is 5.73 Å². The molecule has 0 saturated carbocycles. The standard InChI is InChI=1S/C23H20FN3O2S/c1-14-19(15-9-11-17(24)12-10-15)20-22(30-14)26-21(16-6-3-2-4-7-16)27(23(20)29)13-5-8-18(25)28/h2-4,6-7,9-12H,5,8,13H2,1H3,(H2,25,28). The Balaban J connectivity index is 1.95. The lowest BCUT2D eigenvalue weighted by molar-refractivity contribution is -0.118. The van der Waals surface area contributed by atoms with E-state index < -0.39 is 5.91 Å². The maximum absolute atomic E-state index is 13.6. The van der Waals surface area contributed by atoms with Gasteiger partial charge < -0.3 is 5.73 Å². The van der Waals surface area contributed by atoms with E-state index in [1.165, 1.54) is 23.5 Å². The Morgan fingerprint density at radius 1 is 1.10 bits per heavy atom. The monoisotopic (exact) mass is 421 g/mol. The van der Waals surface area contributed by atoms with Gasteiger partial charge in [0.05, 0.1) is 5.39 Å². The molecule has 0 aliphatic carbocycles. The van der Waals surface area contributed by atoms with Crippen molar-refractivity contribution in [3.63, 3.8) is 0 Å². The summed E-state index contributed by atoms with van der Waals surface area (Å²) in [5.74, 6) is -0.175. The fourth-order valence-corrected chi connectivity index (χ4v) is 4.62. The van der Waals surface area contributed by atoms with Crippen molar-refractivity contribution in [2.45, 2.75) is 26.3 Å². The number of thiophene rings is 1. The number of aromatic nitrogens is 2. The topological polar surface area (TPSA) is 78.0 Å². The number of hydrogen-bond donors (Lipinski definition) is 1. The van der Waals surface area contributed by atoms with E-state index in [1.807, 2.05) is 37.3 Å². The molecule has 0 radical (unpaired) electrons. The highest BCUT2D eigenvalue weighted by Gasteiger charge is 2.20. The normalized spacial score (nSPS) is 11.1. The first kappa shape index (κ1) is 20.0. The molecule has 4 rings (SSSR count). The van der Waals surface area contributed by atoms with Crippen LogP contribution >= 0.6 is 11.3 Å². The summed E-state index contributed by atoms with van der Waals surface area (Å²) in [6, 6.07) is 15.6. The number of nitrogens with zero attached hydrogens (tertiary/aromatic N) is 2. The molecule has 0 atom stereocenters. The number of rotatable bonds is 6. The van der Waals surface area contributed by atoms with Crippen LogP contribution in [-0.4, -0.2) is 15.5 Å². The van der Waals surface area contributed by atoms with Gasteiger partial charge in [0.25, 0.3) is 5.56 Å². The van der Waals surface area contributed by atoms with Gasteiger partial charge in [0, 0.05) is 29.0 Å². The summed E-state index contributed by atoms with van der Waals surface area (Å²) < 4.78 is 15.0. The van der Waals surface area contributed by atoms with Gasteiger partial charge in [-0.3, -0.25) is 14.2 Å². The lowest BCUT2D eigenvalue weighted by atomic mass is 10.0. The summed E-state index contributed by atoms with van der Waals surface area (Å²) in [5.41, 5.74) is 7.48. The third kappa shape index (κ3) is 3.76. The van der Waals surface area contributed by atoms with Gasteiger partial charge in [0.15, 0.2) is 0 Å². The molecule has 0 unspecified atom stereocenters. The molecular formula is C23H20FN3O2S. The van der Waals surface area contributed by atoms with Crippen LogP contribution in [0.25, 0.3) is 32.7 Å². The van der Waals surface area contributed by atoms with Gasteiger partial charge >= 0.3 is 0 Å². The van der Waals surface area contributed by atoms with E-state index in [9.17, 15) is 14.0 Å². The second-order valence-electron chi connectivity index (χ2n) is 7.05. The summed E-state index contributed by atoms with van der Waals surface area (Å²) in [7, 11) is 0. The maximum atomic E-state index is 13.6. The van der Waals surface area contributed by atoms with Crippen molar-refractivity contribution in [1.82, 2.24) is 9.55 Å². The number of nitrogens with two attached hydrogens (primary N) is 1. The van der Waals surface area contributed by atoms with Crippen LogP contribution in [0.2, 0.25) is 0 Å². The zero-order chi connectivity index (χ0) is 21.3. The molecular weight excluding hydrogens is 401 g/mol. The summed E-state index contributed by atoms with van der Waals surface area (Å²) in [6.45, 7) is 2.26. The molecule has 4 aromatic rings. The van der Waals surface area contributed by atoms with Crippen molar-refractivity contribution >= 4 is 27.5 Å². The summed E-state index contributed by atoms with van der Waals surface area (Å²) in [6.07, 6.45) is 0.628. The number of hydrogen-bond acceptors (Lipinski definition) is 4. The molecule has 0 saturated heterocycles. The minimum absolute atomic E-state index is 0.174. The molecule has 152 valence electrons. The number of primary amides is 1. The molecule has 0 fully saturated rings. The van der Waals surface area contributed by atoms with Crippen LogP contribution in [-0.2, 0) is 11.3 Å². The van der Waals surface area contributed by atoms with E-state index in [1.54, 1.807) is 16.7 Å². The first-order chi connectivity index (χ1) is 14.5. The number of benzene rings is 2. The molecule has 0 aliphatic heterocycles. The Morgan fingerprint density at radius 2 is 1.80 bits per heavy atom. The van der Waals surface area contributed by atoms with Crippen molar-refractivity contribution in [3.8, 4) is 22.5 Å². The number of aryl methyl sites for hydroxylation is 1. The Bertz CT molecular complexity index is 1280. The predicted octanol–water partition coefficient (Wildman–Crippen LogP) is 4.51. The number of carbonyl (C=O) groups is 1. The molecule has 0 aliphatic rings. The van der Waals surface area contributed by atoms with Crippen molar-refractivity contribution in [2.75, 3.05) is 0 Å². The minimum atomic E-state index is -0.406. The predicted molar refractivity (Wildman–Crippen MR) is 118 cm³/mol. The molecule has 1 amide bonds. The number of amides is 1. The molecule has 30 heavy (non-hydrogen) atoms. The molecule has 2 aromatic carbocycles. The van der Waals surface area contributed by atoms with Crippen LogP contribution in [0.15, 0.2) is 59.4 Å². The molecule has 0 bridgehead atoms. The smallest absolute Gasteiger partial charge is 0.263 e. The highest BCUT2D eigenvalue weighted by Crippen LogP contribution is 2.36. The second kappa shape index (κ2) is 8.20. The van der Waals surface area contributed by atoms with E-state index in [2.05, 4.69) is 0 Å². The minimum Gasteiger partial charge on any atom is -0.370 e. The van der Waals surface area contributed by atoms with Gasteiger partial charge in [-0.05, 0) is 31.0 Å². The lowest BCUT2D eigenvalue weighted by Gasteiger charge is -2.13. The Hall–Kier alpha value is -3.32. The van der Waals surface area contributed by atoms with E-state index >= 15 is 0 Å². The lowest BCUT2D eigenvalue weighted by Crippen LogP contribution is -2.24. The van der Waals surface area contributed by atoms with Gasteiger partial charge in [-0.15, -0.1) is 11.3 Å². The molecule has 0 spiro atoms. The third-order valence-electron chi connectivity index (χ3n) is 4.96. The fraction of sp³-hybridized carbons (Fsp3) is 0.174. The van der Waals surface area contributed by atoms with Crippen LogP contribution in [0.3, 0.4) is 0 Å². The maximum Gasteiger partial charge on any atom is 0.263 e. The Labute approximate surface area is 176 Å². The second-order valence-corrected chi connectivity index (χ2v) is 8.25. The van der Waals surface area contributed by atoms with E-state index in [0.29, 0.717) is 29.0 Å². The summed E-state index contributed by atoms with van der Waals surface area (Å²) in [5, 5.41) is 0.517. The SMILES string of the molecule is Cc1sc2nc(-c3ccccc3)n(CCCC(N)=O)c(=O)c2c1-c1ccc(F)cc1. The van der Waals surface area contributed by atoms with Crippen molar-refractivity contribution in [1.29, 1.82) is 0 Å². The van der Waals surface area contributed by atoms with E-state index in [0.717, 1.165) is 21.6 Å². The zero-order valence-electron chi connectivity index (χ0n) is 16.4. The van der Waals surface area contributed by atoms with Crippen molar-refractivity contribution in [3.05, 3.63) is 75.6 Å². The molecule has 2 N–H and O–H groups in total. The van der Waals surface area contributed by atoms with E-state index in [-0.39, 0.29) is 17.8 Å². The van der Waals surface area contributed by atoms with Gasteiger partial charge in [-0.25, -0.2) is 9.37 Å². The largest absolute Gasteiger partial charge is 0.370 e. The highest BCUT2D eigenvalue weighted by molar-refractivity contribution is 7.19. The van der Waals surface area contributed by atoms with Gasteiger partial charge in [0.2, 0.25) is 5.91 Å². The average Bonchev–Trinajstić information content (AvgIpc) is 3.07. The molecule has 7 heteroatoms. The fourth-order valence-electron chi connectivity index (χ4n) is 3.59. The highest BCUT2D eigenvalue weighted by atomic mass is 32.1. The van der Waals surface area contributed by atoms with E-state index in [4.69, 9.17) is 10.7 Å². The van der Waals surface area contributed by atoms with Crippen LogP contribution < -0.4 is 11.3 Å². The van der Waals surface area contributed by atoms with Crippen LogP contribution in [0.1, 0.15) is 17.7 Å². The summed E-state index contributed by atoms with van der Waals surface area (Å²) >= 11 is 1.45.